The molecule has 2 atom stereocenters. The van der Waals surface area contributed by atoms with E-state index in [4.69, 9.17) is 50.3 Å². The van der Waals surface area contributed by atoms with Crippen LogP contribution in [-0.2, 0) is 38.0 Å². The number of nitrogens with two attached hydrogens (primary N) is 2. The van der Waals surface area contributed by atoms with E-state index in [9.17, 15) is 9.59 Å². The standard InChI is InChI=1S/C8H16N2O2.C8H17NO4.C8H16O3/c1-11-8(12-2)5-3-4-7(10)6-9;1-12-7(13-2)5-3-4-6(9)8(10)11;1-10-8(11-2)6-4-3-5-7-9/h7-8H,3-5,10H2,1-2H3;6-7H,3-5,9H2,1-2H3,(H,10,11);7-8H,3-6H2,1-2H3/t;6-;/m.0./s1. The molecule has 0 aliphatic heterocycles. The number of carboxylic acid groups (broad SMARTS) is 1. The van der Waals surface area contributed by atoms with E-state index in [1.54, 1.807) is 42.7 Å². The first-order valence-corrected chi connectivity index (χ1v) is 11.9. The topological polar surface area (TPSA) is 186 Å². The van der Waals surface area contributed by atoms with Crippen molar-refractivity contribution in [2.45, 2.75) is 95.2 Å². The van der Waals surface area contributed by atoms with Crippen LogP contribution in [0.25, 0.3) is 0 Å². The number of ether oxygens (including phenoxy) is 6. The quantitative estimate of drug-likeness (QED) is 0.120. The maximum absolute atomic E-state index is 10.3. The fourth-order valence-electron chi connectivity index (χ4n) is 2.73. The van der Waals surface area contributed by atoms with Gasteiger partial charge >= 0.3 is 5.97 Å². The minimum atomic E-state index is -0.966. The molecular formula is C24H49N3O9. The third kappa shape index (κ3) is 26.9. The Hall–Kier alpha value is -1.69. The molecule has 0 aliphatic carbocycles. The van der Waals surface area contributed by atoms with Crippen molar-refractivity contribution < 1.29 is 43.1 Å². The van der Waals surface area contributed by atoms with Gasteiger partial charge in [-0.15, -0.1) is 0 Å². The normalized spacial score (nSPS) is 12.3. The minimum absolute atomic E-state index is 0.110. The van der Waals surface area contributed by atoms with Gasteiger partial charge in [0.2, 0.25) is 0 Å². The van der Waals surface area contributed by atoms with Crippen LogP contribution in [0.3, 0.4) is 0 Å². The molecule has 12 heteroatoms. The van der Waals surface area contributed by atoms with Gasteiger partial charge in [-0.05, 0) is 57.8 Å². The third-order valence-electron chi connectivity index (χ3n) is 4.98. The molecular weight excluding hydrogens is 474 g/mol. The van der Waals surface area contributed by atoms with E-state index in [1.807, 2.05) is 6.07 Å². The maximum atomic E-state index is 10.3. The Bertz CT molecular complexity index is 523. The Labute approximate surface area is 216 Å². The van der Waals surface area contributed by atoms with Gasteiger partial charge < -0.3 is 49.8 Å². The number of aliphatic carboxylic acids is 1. The molecule has 0 saturated carbocycles. The molecule has 36 heavy (non-hydrogen) atoms. The molecule has 0 radical (unpaired) electrons. The van der Waals surface area contributed by atoms with Crippen molar-refractivity contribution in [3.63, 3.8) is 0 Å². The average molecular weight is 524 g/mol. The molecule has 0 aromatic carbocycles. The molecule has 0 saturated heterocycles. The van der Waals surface area contributed by atoms with Crippen LogP contribution in [0.5, 0.6) is 0 Å². The average Bonchev–Trinajstić information content (AvgIpc) is 2.89. The van der Waals surface area contributed by atoms with Gasteiger partial charge in [0, 0.05) is 49.1 Å². The van der Waals surface area contributed by atoms with Crippen LogP contribution in [0.4, 0.5) is 0 Å². The van der Waals surface area contributed by atoms with Crippen LogP contribution in [0, 0.1) is 11.3 Å². The Morgan fingerprint density at radius 3 is 1.47 bits per heavy atom. The highest BCUT2D eigenvalue weighted by molar-refractivity contribution is 5.72. The second kappa shape index (κ2) is 29.5. The van der Waals surface area contributed by atoms with Gasteiger partial charge in [-0.2, -0.15) is 5.26 Å². The zero-order chi connectivity index (χ0) is 28.2. The van der Waals surface area contributed by atoms with E-state index in [1.165, 1.54) is 0 Å². The molecule has 0 spiro atoms. The van der Waals surface area contributed by atoms with Crippen LogP contribution < -0.4 is 11.5 Å². The van der Waals surface area contributed by atoms with E-state index < -0.39 is 12.0 Å². The van der Waals surface area contributed by atoms with Gasteiger partial charge in [-0.1, -0.05) is 0 Å². The van der Waals surface area contributed by atoms with Crippen LogP contribution in [0.1, 0.15) is 64.2 Å². The number of nitriles is 1. The number of carbonyl (C=O) groups is 2. The van der Waals surface area contributed by atoms with Crippen molar-refractivity contribution in [3.8, 4) is 6.07 Å². The van der Waals surface area contributed by atoms with Gasteiger partial charge in [0.25, 0.3) is 0 Å². The first kappa shape index (κ1) is 38.8. The SMILES string of the molecule is COC(CCCC(N)C#N)OC.COC(CCCCC=O)OC.COC(CCC[C@H](N)C(=O)O)OC. The predicted molar refractivity (Wildman–Crippen MR) is 135 cm³/mol. The first-order valence-electron chi connectivity index (χ1n) is 11.9. The fraction of sp³-hybridized carbons (Fsp3) is 0.875. The number of rotatable bonds is 20. The predicted octanol–water partition coefficient (Wildman–Crippen LogP) is 2.18. The van der Waals surface area contributed by atoms with E-state index >= 15 is 0 Å². The molecule has 0 fully saturated rings. The summed E-state index contributed by atoms with van der Waals surface area (Å²) in [7, 11) is 9.52. The van der Waals surface area contributed by atoms with Gasteiger partial charge in [-0.3, -0.25) is 4.79 Å². The number of aldehydes is 1. The lowest BCUT2D eigenvalue weighted by molar-refractivity contribution is -0.139. The lowest BCUT2D eigenvalue weighted by Crippen LogP contribution is -2.30. The van der Waals surface area contributed by atoms with Gasteiger partial charge in [0.1, 0.15) is 12.3 Å². The molecule has 214 valence electrons. The molecule has 0 bridgehead atoms. The lowest BCUT2D eigenvalue weighted by Gasteiger charge is -2.13. The molecule has 0 heterocycles. The molecule has 12 nitrogen and oxygen atoms in total. The van der Waals surface area contributed by atoms with Gasteiger partial charge in [0.05, 0.1) is 12.1 Å². The highest BCUT2D eigenvalue weighted by Gasteiger charge is 2.12. The maximum Gasteiger partial charge on any atom is 0.320 e. The van der Waals surface area contributed by atoms with E-state index in [2.05, 4.69) is 0 Å². The van der Waals surface area contributed by atoms with Gasteiger partial charge in [-0.25, -0.2) is 0 Å². The van der Waals surface area contributed by atoms with Crippen molar-refractivity contribution in [1.29, 1.82) is 5.26 Å². The third-order valence-corrected chi connectivity index (χ3v) is 4.98. The smallest absolute Gasteiger partial charge is 0.320 e. The summed E-state index contributed by atoms with van der Waals surface area (Å²) >= 11 is 0. The summed E-state index contributed by atoms with van der Waals surface area (Å²) in [5.41, 5.74) is 10.7. The Kier molecular flexibility index (Phi) is 31.9. The van der Waals surface area contributed by atoms with Crippen LogP contribution in [-0.4, -0.2) is 91.0 Å². The number of hydrogen-bond donors (Lipinski definition) is 3. The van der Waals surface area contributed by atoms with Crippen LogP contribution in [0.15, 0.2) is 0 Å². The van der Waals surface area contributed by atoms with Crippen LogP contribution in [0.2, 0.25) is 0 Å². The lowest BCUT2D eigenvalue weighted by atomic mass is 10.1. The molecule has 5 N–H and O–H groups in total. The molecule has 0 aromatic rings. The van der Waals surface area contributed by atoms with Crippen LogP contribution >= 0.6 is 0 Å². The number of carboxylic acids is 1. The number of unbranched alkanes of at least 4 members (excludes halogenated alkanes) is 2. The molecule has 0 aliphatic rings. The van der Waals surface area contributed by atoms with Crippen molar-refractivity contribution in [2.24, 2.45) is 11.5 Å². The number of carbonyl (C=O) groups excluding carboxylic acids is 1. The number of methoxy groups -OCH3 is 6. The summed E-state index contributed by atoms with van der Waals surface area (Å²) in [6, 6.07) is 0.826. The summed E-state index contributed by atoms with van der Waals surface area (Å²) < 4.78 is 29.7. The Morgan fingerprint density at radius 2 is 1.14 bits per heavy atom. The second-order valence-corrected chi connectivity index (χ2v) is 7.70. The highest BCUT2D eigenvalue weighted by Crippen LogP contribution is 2.07. The van der Waals surface area contributed by atoms with Gasteiger partial charge in [0.15, 0.2) is 18.9 Å². The molecule has 0 aromatic heterocycles. The monoisotopic (exact) mass is 523 g/mol. The van der Waals surface area contributed by atoms with Crippen molar-refractivity contribution >= 4 is 12.3 Å². The van der Waals surface area contributed by atoms with Crippen molar-refractivity contribution in [3.05, 3.63) is 0 Å². The molecule has 0 rings (SSSR count). The summed E-state index contributed by atoms with van der Waals surface area (Å²) in [6.07, 6.45) is 7.90. The van der Waals surface area contributed by atoms with Crippen molar-refractivity contribution in [2.75, 3.05) is 42.7 Å². The highest BCUT2D eigenvalue weighted by atomic mass is 16.7. The minimum Gasteiger partial charge on any atom is -0.480 e. The first-order chi connectivity index (χ1) is 17.2. The van der Waals surface area contributed by atoms with E-state index in [0.717, 1.165) is 38.4 Å². The molecule has 1 unspecified atom stereocenters. The summed E-state index contributed by atoms with van der Waals surface area (Å²) in [5.74, 6) is -0.966. The Morgan fingerprint density at radius 1 is 0.750 bits per heavy atom. The van der Waals surface area contributed by atoms with Crippen molar-refractivity contribution in [1.82, 2.24) is 0 Å². The zero-order valence-electron chi connectivity index (χ0n) is 22.9. The van der Waals surface area contributed by atoms with E-state index in [-0.39, 0.29) is 24.9 Å². The summed E-state index contributed by atoms with van der Waals surface area (Å²) in [4.78, 5) is 20.3. The fourth-order valence-corrected chi connectivity index (χ4v) is 2.73. The van der Waals surface area contributed by atoms with E-state index in [0.29, 0.717) is 32.1 Å². The number of hydrogen-bond acceptors (Lipinski definition) is 11. The zero-order valence-corrected chi connectivity index (χ0v) is 22.9. The largest absolute Gasteiger partial charge is 0.480 e. The number of nitrogens with zero attached hydrogens (tertiary/aromatic N) is 1. The second-order valence-electron chi connectivity index (χ2n) is 7.70. The Balaban J connectivity index is -0.000000455. The molecule has 0 amide bonds. The summed E-state index contributed by atoms with van der Waals surface area (Å²) in [5, 5.41) is 16.9. The summed E-state index contributed by atoms with van der Waals surface area (Å²) in [6.45, 7) is 0.